The second-order valence-electron chi connectivity index (χ2n) is 3.76. The van der Waals surface area contributed by atoms with Gasteiger partial charge in [-0.25, -0.2) is 4.98 Å². The maximum absolute atomic E-state index is 11.9. The highest BCUT2D eigenvalue weighted by molar-refractivity contribution is 7.11. The molecule has 0 aliphatic heterocycles. The topological polar surface area (TPSA) is 33.1 Å². The molecule has 0 saturated heterocycles. The number of alkyl halides is 3. The predicted molar refractivity (Wildman–Crippen MR) is 56.6 cm³/mol. The number of nitrogens with zero attached hydrogens (tertiary/aromatic N) is 1. The predicted octanol–water partition coefficient (Wildman–Crippen LogP) is 3.01. The quantitative estimate of drug-likeness (QED) is 0.894. The Morgan fingerprint density at radius 2 is 2.00 bits per heavy atom. The van der Waals surface area contributed by atoms with Crippen LogP contribution >= 0.6 is 11.3 Å². The van der Waals surface area contributed by atoms with Gasteiger partial charge in [-0.15, -0.1) is 11.3 Å². The van der Waals surface area contributed by atoms with Gasteiger partial charge in [0.1, 0.15) is 0 Å². The molecule has 16 heavy (non-hydrogen) atoms. The number of rotatable bonds is 4. The minimum atomic E-state index is -4.20. The summed E-state index contributed by atoms with van der Waals surface area (Å²) < 4.78 is 35.7. The molecule has 92 valence electrons. The van der Waals surface area contributed by atoms with Gasteiger partial charge < -0.3 is 5.11 Å². The summed E-state index contributed by atoms with van der Waals surface area (Å²) in [6.45, 7) is 3.75. The minimum Gasteiger partial charge on any atom is -0.393 e. The molecule has 0 fully saturated rings. The van der Waals surface area contributed by atoms with Crippen LogP contribution in [-0.2, 0) is 6.42 Å². The van der Waals surface area contributed by atoms with Crippen molar-refractivity contribution in [1.29, 1.82) is 0 Å². The molecule has 0 aliphatic carbocycles. The lowest BCUT2D eigenvalue weighted by Gasteiger charge is -2.10. The van der Waals surface area contributed by atoms with E-state index in [1.54, 1.807) is 0 Å². The molecule has 0 spiro atoms. The van der Waals surface area contributed by atoms with Crippen LogP contribution in [0.1, 0.15) is 28.4 Å². The zero-order valence-electron chi connectivity index (χ0n) is 9.14. The maximum atomic E-state index is 11.9. The zero-order valence-corrected chi connectivity index (χ0v) is 9.95. The highest BCUT2D eigenvalue weighted by Gasteiger charge is 2.28. The smallest absolute Gasteiger partial charge is 0.389 e. The molecule has 1 unspecified atom stereocenters. The number of aliphatic hydroxyl groups excluding tert-OH is 1. The fourth-order valence-corrected chi connectivity index (χ4v) is 2.27. The van der Waals surface area contributed by atoms with E-state index in [1.165, 1.54) is 11.3 Å². The van der Waals surface area contributed by atoms with Gasteiger partial charge in [-0.05, 0) is 20.3 Å². The lowest BCUT2D eigenvalue weighted by Crippen LogP contribution is -2.16. The van der Waals surface area contributed by atoms with Crippen LogP contribution in [0.2, 0.25) is 0 Å². The number of aromatic nitrogens is 1. The summed E-state index contributed by atoms with van der Waals surface area (Å²) in [5, 5.41) is 10.1. The van der Waals surface area contributed by atoms with Gasteiger partial charge >= 0.3 is 6.18 Å². The number of aryl methyl sites for hydroxylation is 2. The van der Waals surface area contributed by atoms with E-state index in [-0.39, 0.29) is 12.8 Å². The van der Waals surface area contributed by atoms with Crippen LogP contribution in [0.3, 0.4) is 0 Å². The molecule has 1 atom stereocenters. The third-order valence-electron chi connectivity index (χ3n) is 2.24. The molecular formula is C10H14F3NOS. The number of halogens is 3. The average Bonchev–Trinajstić information content (AvgIpc) is 2.41. The van der Waals surface area contributed by atoms with E-state index in [1.807, 2.05) is 13.8 Å². The van der Waals surface area contributed by atoms with Gasteiger partial charge in [-0.2, -0.15) is 13.2 Å². The lowest BCUT2D eigenvalue weighted by molar-refractivity contribution is -0.139. The van der Waals surface area contributed by atoms with Crippen LogP contribution in [-0.4, -0.2) is 22.4 Å². The average molecular weight is 253 g/mol. The van der Waals surface area contributed by atoms with Crippen molar-refractivity contribution in [2.75, 3.05) is 0 Å². The first kappa shape index (κ1) is 13.4. The fraction of sp³-hybridized carbons (Fsp3) is 0.700. The lowest BCUT2D eigenvalue weighted by atomic mass is 10.1. The third-order valence-corrected chi connectivity index (χ3v) is 3.34. The van der Waals surface area contributed by atoms with Crippen molar-refractivity contribution in [2.24, 2.45) is 0 Å². The van der Waals surface area contributed by atoms with E-state index >= 15 is 0 Å². The minimum absolute atomic E-state index is 0.204. The van der Waals surface area contributed by atoms with Crippen molar-refractivity contribution in [3.8, 4) is 0 Å². The first-order valence-corrected chi connectivity index (χ1v) is 5.77. The van der Waals surface area contributed by atoms with Crippen LogP contribution in [0.25, 0.3) is 0 Å². The van der Waals surface area contributed by atoms with Crippen molar-refractivity contribution in [1.82, 2.24) is 4.98 Å². The Morgan fingerprint density at radius 3 is 2.44 bits per heavy atom. The van der Waals surface area contributed by atoms with E-state index in [0.717, 1.165) is 10.6 Å². The van der Waals surface area contributed by atoms with Gasteiger partial charge in [-0.1, -0.05) is 0 Å². The standard InChI is InChI=1S/C10H14F3NOS/c1-6-7(2)16-9(14-6)5-8(15)3-4-10(11,12)13/h8,15H,3-5H2,1-2H3. The van der Waals surface area contributed by atoms with Crippen molar-refractivity contribution >= 4 is 11.3 Å². The molecule has 0 aliphatic rings. The van der Waals surface area contributed by atoms with Crippen molar-refractivity contribution in [3.05, 3.63) is 15.6 Å². The molecule has 0 saturated carbocycles. The van der Waals surface area contributed by atoms with Gasteiger partial charge in [0.2, 0.25) is 0 Å². The van der Waals surface area contributed by atoms with Gasteiger partial charge in [0.05, 0.1) is 16.8 Å². The molecule has 6 heteroatoms. The first-order chi connectivity index (χ1) is 7.28. The number of hydrogen-bond acceptors (Lipinski definition) is 3. The fourth-order valence-electron chi connectivity index (χ4n) is 1.26. The second-order valence-corrected chi connectivity index (χ2v) is 5.05. The van der Waals surface area contributed by atoms with Gasteiger partial charge in [0, 0.05) is 17.7 Å². The van der Waals surface area contributed by atoms with Gasteiger partial charge in [0.25, 0.3) is 0 Å². The molecule has 1 heterocycles. The van der Waals surface area contributed by atoms with E-state index < -0.39 is 18.7 Å². The van der Waals surface area contributed by atoms with Crippen LogP contribution in [0.15, 0.2) is 0 Å². The zero-order chi connectivity index (χ0) is 12.3. The SMILES string of the molecule is Cc1nc(CC(O)CCC(F)(F)F)sc1C. The van der Waals surface area contributed by atoms with E-state index in [0.29, 0.717) is 5.01 Å². The molecule has 0 bridgehead atoms. The Hall–Kier alpha value is -0.620. The number of thiazole rings is 1. The Morgan fingerprint density at radius 1 is 1.38 bits per heavy atom. The Bertz CT molecular complexity index is 329. The normalized spacial score (nSPS) is 14.1. The summed E-state index contributed by atoms with van der Waals surface area (Å²) in [6.07, 6.45) is -6.17. The molecular weight excluding hydrogens is 239 g/mol. The third kappa shape index (κ3) is 4.49. The van der Waals surface area contributed by atoms with Crippen molar-refractivity contribution < 1.29 is 18.3 Å². The summed E-state index contributed by atoms with van der Waals surface area (Å²) >= 11 is 1.42. The van der Waals surface area contributed by atoms with Gasteiger partial charge in [-0.3, -0.25) is 0 Å². The summed E-state index contributed by atoms with van der Waals surface area (Å²) in [4.78, 5) is 5.21. The number of hydrogen-bond donors (Lipinski definition) is 1. The van der Waals surface area contributed by atoms with E-state index in [9.17, 15) is 18.3 Å². The summed E-state index contributed by atoms with van der Waals surface area (Å²) in [5.41, 5.74) is 0.878. The Kier molecular flexibility index (Phi) is 4.32. The molecule has 0 amide bonds. The van der Waals surface area contributed by atoms with Crippen LogP contribution in [0.5, 0.6) is 0 Å². The van der Waals surface area contributed by atoms with E-state index in [2.05, 4.69) is 4.98 Å². The Labute approximate surface area is 96.1 Å². The first-order valence-electron chi connectivity index (χ1n) is 4.95. The van der Waals surface area contributed by atoms with Crippen LogP contribution in [0.4, 0.5) is 13.2 Å². The molecule has 0 aromatic carbocycles. The monoisotopic (exact) mass is 253 g/mol. The molecule has 0 radical (unpaired) electrons. The van der Waals surface area contributed by atoms with Crippen molar-refractivity contribution in [2.45, 2.75) is 45.4 Å². The van der Waals surface area contributed by atoms with Crippen LogP contribution in [0, 0.1) is 13.8 Å². The van der Waals surface area contributed by atoms with Crippen molar-refractivity contribution in [3.63, 3.8) is 0 Å². The Balaban J connectivity index is 2.42. The second kappa shape index (κ2) is 5.14. The summed E-state index contributed by atoms with van der Waals surface area (Å²) in [7, 11) is 0. The largest absolute Gasteiger partial charge is 0.393 e. The van der Waals surface area contributed by atoms with Crippen LogP contribution < -0.4 is 0 Å². The highest BCUT2D eigenvalue weighted by Crippen LogP contribution is 2.24. The van der Waals surface area contributed by atoms with E-state index in [4.69, 9.17) is 0 Å². The maximum Gasteiger partial charge on any atom is 0.389 e. The molecule has 1 aromatic rings. The summed E-state index contributed by atoms with van der Waals surface area (Å²) in [6, 6.07) is 0. The van der Waals surface area contributed by atoms with Gasteiger partial charge in [0.15, 0.2) is 0 Å². The summed E-state index contributed by atoms with van der Waals surface area (Å²) in [5.74, 6) is 0. The molecule has 1 aromatic heterocycles. The molecule has 1 N–H and O–H groups in total. The highest BCUT2D eigenvalue weighted by atomic mass is 32.1. The number of aliphatic hydroxyl groups is 1. The molecule has 2 nitrogen and oxygen atoms in total. The molecule has 1 rings (SSSR count).